The summed E-state index contributed by atoms with van der Waals surface area (Å²) in [6.45, 7) is 3.88. The minimum atomic E-state index is -0.978. The molecule has 0 fully saturated rings. The van der Waals surface area contributed by atoms with Crippen molar-refractivity contribution in [2.75, 3.05) is 0 Å². The predicted octanol–water partition coefficient (Wildman–Crippen LogP) is 5.16. The zero-order chi connectivity index (χ0) is 14.9. The summed E-state index contributed by atoms with van der Waals surface area (Å²) < 4.78 is 0. The van der Waals surface area contributed by atoms with Crippen molar-refractivity contribution in [3.63, 3.8) is 0 Å². The summed E-state index contributed by atoms with van der Waals surface area (Å²) >= 11 is 13.6. The van der Waals surface area contributed by atoms with Crippen LogP contribution in [0.25, 0.3) is 0 Å². The van der Waals surface area contributed by atoms with Crippen LogP contribution in [-0.2, 0) is 0 Å². The number of hydrogen-bond acceptors (Lipinski definition) is 3. The molecule has 102 valence electrons. The lowest BCUT2D eigenvalue weighted by molar-refractivity contribution is 0.0982. The Morgan fingerprint density at radius 2 is 1.90 bits per heavy atom. The maximum Gasteiger partial charge on any atom is 0.194 e. The fourth-order valence-electron chi connectivity index (χ4n) is 1.88. The molecule has 1 aromatic carbocycles. The molecule has 0 aliphatic carbocycles. The fraction of sp³-hybridized carbons (Fsp3) is 0.200. The van der Waals surface area contributed by atoms with E-state index in [0.29, 0.717) is 20.5 Å². The second kappa shape index (κ2) is 5.97. The SMILES string of the molecule is Cc1cc(C(=O)C(C#N)c2c(Cl)cccc2Cl)sc1C. The Labute approximate surface area is 131 Å². The van der Waals surface area contributed by atoms with Crippen molar-refractivity contribution in [3.8, 4) is 6.07 Å². The number of nitrogens with zero attached hydrogens (tertiary/aromatic N) is 1. The quantitative estimate of drug-likeness (QED) is 0.732. The van der Waals surface area contributed by atoms with Gasteiger partial charge in [-0.25, -0.2) is 0 Å². The number of rotatable bonds is 3. The number of aryl methyl sites for hydroxylation is 2. The Bertz CT molecular complexity index is 675. The number of halogens is 2. The molecule has 1 unspecified atom stereocenters. The number of hydrogen-bond donors (Lipinski definition) is 0. The van der Waals surface area contributed by atoms with Crippen LogP contribution in [0.1, 0.15) is 31.6 Å². The van der Waals surface area contributed by atoms with E-state index in [-0.39, 0.29) is 5.78 Å². The molecule has 0 amide bonds. The Kier molecular flexibility index (Phi) is 4.49. The summed E-state index contributed by atoms with van der Waals surface area (Å²) in [7, 11) is 0. The molecule has 0 radical (unpaired) electrons. The van der Waals surface area contributed by atoms with Gasteiger partial charge in [-0.2, -0.15) is 5.26 Å². The van der Waals surface area contributed by atoms with Crippen molar-refractivity contribution in [2.45, 2.75) is 19.8 Å². The number of carbonyl (C=O) groups excluding carboxylic acids is 1. The largest absolute Gasteiger partial charge is 0.291 e. The minimum Gasteiger partial charge on any atom is -0.291 e. The third kappa shape index (κ3) is 2.73. The van der Waals surface area contributed by atoms with Gasteiger partial charge in [0.05, 0.1) is 10.9 Å². The van der Waals surface area contributed by atoms with Gasteiger partial charge in [-0.3, -0.25) is 4.79 Å². The molecule has 5 heteroatoms. The summed E-state index contributed by atoms with van der Waals surface area (Å²) in [4.78, 5) is 14.1. The van der Waals surface area contributed by atoms with E-state index in [9.17, 15) is 10.1 Å². The minimum absolute atomic E-state index is 0.260. The Morgan fingerprint density at radius 3 is 2.35 bits per heavy atom. The van der Waals surface area contributed by atoms with Crippen molar-refractivity contribution in [1.29, 1.82) is 5.26 Å². The van der Waals surface area contributed by atoms with Crippen LogP contribution in [0.4, 0.5) is 0 Å². The van der Waals surface area contributed by atoms with Crippen LogP contribution in [0, 0.1) is 25.2 Å². The monoisotopic (exact) mass is 323 g/mol. The molecule has 1 aromatic heterocycles. The molecule has 20 heavy (non-hydrogen) atoms. The average molecular weight is 324 g/mol. The van der Waals surface area contributed by atoms with Crippen molar-refractivity contribution in [3.05, 3.63) is 55.2 Å². The van der Waals surface area contributed by atoms with Gasteiger partial charge < -0.3 is 0 Å². The lowest BCUT2D eigenvalue weighted by Gasteiger charge is -2.11. The van der Waals surface area contributed by atoms with Gasteiger partial charge in [0.15, 0.2) is 5.78 Å². The second-order valence-corrected chi connectivity index (χ2v) is 6.48. The topological polar surface area (TPSA) is 40.9 Å². The molecule has 0 N–H and O–H groups in total. The van der Waals surface area contributed by atoms with E-state index >= 15 is 0 Å². The van der Waals surface area contributed by atoms with E-state index < -0.39 is 5.92 Å². The molecule has 0 saturated carbocycles. The lowest BCUT2D eigenvalue weighted by atomic mass is 9.95. The fourth-order valence-corrected chi connectivity index (χ4v) is 3.50. The number of carbonyl (C=O) groups is 1. The van der Waals surface area contributed by atoms with Crippen LogP contribution >= 0.6 is 34.5 Å². The first-order valence-electron chi connectivity index (χ1n) is 5.90. The summed E-state index contributed by atoms with van der Waals surface area (Å²) in [6, 6.07) is 8.77. The highest BCUT2D eigenvalue weighted by Crippen LogP contribution is 2.35. The number of thiophene rings is 1. The van der Waals surface area contributed by atoms with Gasteiger partial charge in [-0.15, -0.1) is 11.3 Å². The second-order valence-electron chi connectivity index (χ2n) is 4.41. The molecule has 0 aliphatic rings. The average Bonchev–Trinajstić information content (AvgIpc) is 2.73. The molecule has 0 bridgehead atoms. The van der Waals surface area contributed by atoms with Gasteiger partial charge in [-0.1, -0.05) is 29.3 Å². The summed E-state index contributed by atoms with van der Waals surface area (Å²) in [5, 5.41) is 10.0. The van der Waals surface area contributed by atoms with Gasteiger partial charge in [0.25, 0.3) is 0 Å². The Morgan fingerprint density at radius 1 is 1.30 bits per heavy atom. The zero-order valence-electron chi connectivity index (χ0n) is 10.9. The molecule has 0 saturated heterocycles. The maximum atomic E-state index is 12.5. The zero-order valence-corrected chi connectivity index (χ0v) is 13.2. The van der Waals surface area contributed by atoms with E-state index in [4.69, 9.17) is 23.2 Å². The first-order valence-corrected chi connectivity index (χ1v) is 7.47. The summed E-state index contributed by atoms with van der Waals surface area (Å²) in [5.41, 5.74) is 1.42. The van der Waals surface area contributed by atoms with Gasteiger partial charge in [-0.05, 0) is 37.6 Å². The molecular formula is C15H11Cl2NOS. The molecule has 2 rings (SSSR count). The van der Waals surface area contributed by atoms with Crippen LogP contribution in [0.2, 0.25) is 10.0 Å². The highest BCUT2D eigenvalue weighted by atomic mass is 35.5. The van der Waals surface area contributed by atoms with E-state index in [1.54, 1.807) is 24.3 Å². The Balaban J connectivity index is 2.48. The normalized spacial score (nSPS) is 11.9. The highest BCUT2D eigenvalue weighted by molar-refractivity contribution is 7.14. The third-order valence-electron chi connectivity index (χ3n) is 3.09. The Hall–Kier alpha value is -1.34. The molecule has 2 aromatic rings. The maximum absolute atomic E-state index is 12.5. The van der Waals surface area contributed by atoms with Crippen LogP contribution in [0.3, 0.4) is 0 Å². The van der Waals surface area contributed by atoms with Crippen molar-refractivity contribution >= 4 is 40.3 Å². The smallest absolute Gasteiger partial charge is 0.194 e. The number of nitriles is 1. The summed E-state index contributed by atoms with van der Waals surface area (Å²) in [6.07, 6.45) is 0. The van der Waals surface area contributed by atoms with Gasteiger partial charge >= 0.3 is 0 Å². The van der Waals surface area contributed by atoms with E-state index in [1.165, 1.54) is 11.3 Å². The first-order chi connectivity index (χ1) is 9.45. The number of Topliss-reactive ketones (excluding diaryl/α,β-unsaturated/α-hetero) is 1. The molecular weight excluding hydrogens is 313 g/mol. The van der Waals surface area contributed by atoms with Crippen molar-refractivity contribution in [1.82, 2.24) is 0 Å². The predicted molar refractivity (Wildman–Crippen MR) is 82.9 cm³/mol. The van der Waals surface area contributed by atoms with E-state index in [0.717, 1.165) is 10.4 Å². The third-order valence-corrected chi connectivity index (χ3v) is 4.91. The van der Waals surface area contributed by atoms with Crippen molar-refractivity contribution < 1.29 is 4.79 Å². The van der Waals surface area contributed by atoms with Gasteiger partial charge in [0, 0.05) is 20.5 Å². The van der Waals surface area contributed by atoms with Crippen LogP contribution in [0.15, 0.2) is 24.3 Å². The first kappa shape index (κ1) is 15.1. The lowest BCUT2D eigenvalue weighted by Crippen LogP contribution is -2.11. The van der Waals surface area contributed by atoms with Crippen molar-refractivity contribution in [2.24, 2.45) is 0 Å². The van der Waals surface area contributed by atoms with Crippen LogP contribution in [0.5, 0.6) is 0 Å². The van der Waals surface area contributed by atoms with E-state index in [1.807, 2.05) is 19.9 Å². The number of ketones is 1. The van der Waals surface area contributed by atoms with Crippen LogP contribution < -0.4 is 0 Å². The van der Waals surface area contributed by atoms with E-state index in [2.05, 4.69) is 0 Å². The molecule has 0 aliphatic heterocycles. The number of benzene rings is 1. The molecule has 1 heterocycles. The molecule has 0 spiro atoms. The van der Waals surface area contributed by atoms with Gasteiger partial charge in [0.2, 0.25) is 0 Å². The molecule has 2 nitrogen and oxygen atoms in total. The molecule has 1 atom stereocenters. The van der Waals surface area contributed by atoms with Gasteiger partial charge in [0.1, 0.15) is 5.92 Å². The summed E-state index contributed by atoms with van der Waals surface area (Å²) in [5.74, 6) is -1.24. The van der Waals surface area contributed by atoms with Crippen LogP contribution in [-0.4, -0.2) is 5.78 Å². The highest BCUT2D eigenvalue weighted by Gasteiger charge is 2.27. The standard InChI is InChI=1S/C15H11Cl2NOS/c1-8-6-13(20-9(8)2)15(19)10(7-18)14-11(16)4-3-5-12(14)17/h3-6,10H,1-2H3.